The number of benzene rings is 1. The van der Waals surface area contributed by atoms with Crippen molar-refractivity contribution >= 4 is 21.9 Å². The van der Waals surface area contributed by atoms with Gasteiger partial charge >= 0.3 is 5.97 Å². The van der Waals surface area contributed by atoms with E-state index < -0.39 is 5.41 Å². The molecule has 0 aliphatic rings. The van der Waals surface area contributed by atoms with Crippen molar-refractivity contribution in [3.63, 3.8) is 0 Å². The van der Waals surface area contributed by atoms with Crippen LogP contribution < -0.4 is 4.74 Å². The van der Waals surface area contributed by atoms with Crippen LogP contribution in [0.2, 0.25) is 0 Å². The normalized spacial score (nSPS) is 11.1. The van der Waals surface area contributed by atoms with Gasteiger partial charge in [0.05, 0.1) is 12.0 Å². The molecule has 1 aromatic carbocycles. The topological polar surface area (TPSA) is 35.5 Å². The average molecular weight is 301 g/mol. The molecular weight excluding hydrogens is 284 g/mol. The van der Waals surface area contributed by atoms with E-state index in [0.717, 1.165) is 10.2 Å². The molecular formula is C13H17BrO3. The van der Waals surface area contributed by atoms with E-state index in [1.165, 1.54) is 0 Å². The fraction of sp³-hybridized carbons (Fsp3) is 0.462. The maximum atomic E-state index is 11.6. The minimum absolute atomic E-state index is 0.239. The largest absolute Gasteiger partial charge is 0.492 e. The molecule has 3 nitrogen and oxygen atoms in total. The number of carbonyl (C=O) groups excluding carboxylic acids is 1. The maximum absolute atomic E-state index is 11.6. The molecule has 4 heteroatoms. The van der Waals surface area contributed by atoms with Crippen LogP contribution >= 0.6 is 15.9 Å². The molecule has 0 saturated carbocycles. The summed E-state index contributed by atoms with van der Waals surface area (Å²) in [6.07, 6.45) is 0. The highest BCUT2D eigenvalue weighted by Gasteiger charge is 2.30. The van der Waals surface area contributed by atoms with E-state index >= 15 is 0 Å². The molecule has 0 N–H and O–H groups in total. The van der Waals surface area contributed by atoms with Crippen molar-refractivity contribution in [2.24, 2.45) is 5.41 Å². The Morgan fingerprint density at radius 3 is 2.41 bits per heavy atom. The van der Waals surface area contributed by atoms with Crippen LogP contribution in [0.1, 0.15) is 20.8 Å². The van der Waals surface area contributed by atoms with Gasteiger partial charge in [-0.15, -0.1) is 0 Å². The quantitative estimate of drug-likeness (QED) is 0.782. The Labute approximate surface area is 110 Å². The Morgan fingerprint density at radius 1 is 1.29 bits per heavy atom. The minimum Gasteiger partial charge on any atom is -0.492 e. The molecule has 0 atom stereocenters. The number of hydrogen-bond donors (Lipinski definition) is 0. The number of carbonyl (C=O) groups is 1. The SMILES string of the molecule is CCOC(=O)C(C)(C)COc1ccc(Br)cc1. The van der Waals surface area contributed by atoms with Crippen molar-refractivity contribution in [1.82, 2.24) is 0 Å². The van der Waals surface area contributed by atoms with Crippen LogP contribution in [0.15, 0.2) is 28.7 Å². The van der Waals surface area contributed by atoms with Crippen LogP contribution in [0.5, 0.6) is 5.75 Å². The standard InChI is InChI=1S/C13H17BrO3/c1-4-16-12(15)13(2,3)9-17-11-7-5-10(14)6-8-11/h5-8H,4,9H2,1-3H3. The fourth-order valence-corrected chi connectivity index (χ4v) is 1.44. The van der Waals surface area contributed by atoms with Gasteiger partial charge in [0.15, 0.2) is 0 Å². The zero-order valence-corrected chi connectivity index (χ0v) is 11.9. The van der Waals surface area contributed by atoms with Gasteiger partial charge in [-0.3, -0.25) is 4.79 Å². The second-order valence-electron chi connectivity index (χ2n) is 4.35. The molecule has 0 radical (unpaired) electrons. The number of rotatable bonds is 5. The Balaban J connectivity index is 2.54. The molecule has 1 aromatic rings. The van der Waals surface area contributed by atoms with Crippen LogP contribution in [-0.4, -0.2) is 19.2 Å². The molecule has 0 amide bonds. The first-order chi connectivity index (χ1) is 7.95. The second kappa shape index (κ2) is 6.05. The van der Waals surface area contributed by atoms with Gasteiger partial charge in [0, 0.05) is 4.47 Å². The van der Waals surface area contributed by atoms with Crippen LogP contribution in [0, 0.1) is 5.41 Å². The van der Waals surface area contributed by atoms with Gasteiger partial charge in [-0.1, -0.05) is 15.9 Å². The fourth-order valence-electron chi connectivity index (χ4n) is 1.18. The number of hydrogen-bond acceptors (Lipinski definition) is 3. The van der Waals surface area contributed by atoms with Gasteiger partial charge in [0.1, 0.15) is 12.4 Å². The van der Waals surface area contributed by atoms with Crippen LogP contribution in [0.4, 0.5) is 0 Å². The lowest BCUT2D eigenvalue weighted by molar-refractivity contribution is -0.155. The zero-order chi connectivity index (χ0) is 12.9. The molecule has 0 heterocycles. The van der Waals surface area contributed by atoms with E-state index in [0.29, 0.717) is 13.2 Å². The maximum Gasteiger partial charge on any atom is 0.314 e. The highest BCUT2D eigenvalue weighted by Crippen LogP contribution is 2.21. The van der Waals surface area contributed by atoms with Gasteiger partial charge in [-0.05, 0) is 45.0 Å². The third-order valence-corrected chi connectivity index (χ3v) is 2.77. The molecule has 1 rings (SSSR count). The number of ether oxygens (including phenoxy) is 2. The van der Waals surface area contributed by atoms with Gasteiger partial charge in [0.2, 0.25) is 0 Å². The third kappa shape index (κ3) is 4.38. The highest BCUT2D eigenvalue weighted by atomic mass is 79.9. The lowest BCUT2D eigenvalue weighted by atomic mass is 9.95. The molecule has 17 heavy (non-hydrogen) atoms. The molecule has 0 aliphatic heterocycles. The molecule has 0 spiro atoms. The van der Waals surface area contributed by atoms with E-state index in [4.69, 9.17) is 9.47 Å². The van der Waals surface area contributed by atoms with Crippen molar-refractivity contribution in [3.8, 4) is 5.75 Å². The smallest absolute Gasteiger partial charge is 0.314 e. The van der Waals surface area contributed by atoms with E-state index in [9.17, 15) is 4.79 Å². The van der Waals surface area contributed by atoms with Crippen LogP contribution in [0.25, 0.3) is 0 Å². The molecule has 0 bridgehead atoms. The van der Waals surface area contributed by atoms with E-state index in [1.54, 1.807) is 6.92 Å². The molecule has 94 valence electrons. The molecule has 0 fully saturated rings. The lowest BCUT2D eigenvalue weighted by Crippen LogP contribution is -2.32. The lowest BCUT2D eigenvalue weighted by Gasteiger charge is -2.22. The summed E-state index contributed by atoms with van der Waals surface area (Å²) in [5, 5.41) is 0. The molecule has 0 aliphatic carbocycles. The zero-order valence-electron chi connectivity index (χ0n) is 10.3. The molecule has 0 aromatic heterocycles. The van der Waals surface area contributed by atoms with Gasteiger partial charge in [-0.25, -0.2) is 0 Å². The first-order valence-corrected chi connectivity index (χ1v) is 6.30. The second-order valence-corrected chi connectivity index (χ2v) is 5.26. The van der Waals surface area contributed by atoms with E-state index in [2.05, 4.69) is 15.9 Å². The molecule has 0 unspecified atom stereocenters. The Bertz CT molecular complexity index is 371. The summed E-state index contributed by atoms with van der Waals surface area (Å²) in [4.78, 5) is 11.6. The van der Waals surface area contributed by atoms with Gasteiger partial charge in [0.25, 0.3) is 0 Å². The first kappa shape index (κ1) is 14.0. The Hall–Kier alpha value is -1.03. The monoisotopic (exact) mass is 300 g/mol. The summed E-state index contributed by atoms with van der Waals surface area (Å²) in [5.74, 6) is 0.502. The summed E-state index contributed by atoms with van der Waals surface area (Å²) in [7, 11) is 0. The minimum atomic E-state index is -0.636. The predicted octanol–water partition coefficient (Wildman–Crippen LogP) is 3.42. The van der Waals surface area contributed by atoms with Crippen LogP contribution in [0.3, 0.4) is 0 Å². The summed E-state index contributed by atoms with van der Waals surface area (Å²) in [5.41, 5.74) is -0.636. The summed E-state index contributed by atoms with van der Waals surface area (Å²) in [6, 6.07) is 7.50. The molecule has 0 saturated heterocycles. The first-order valence-electron chi connectivity index (χ1n) is 5.51. The van der Waals surface area contributed by atoms with Crippen LogP contribution in [-0.2, 0) is 9.53 Å². The summed E-state index contributed by atoms with van der Waals surface area (Å²) in [6.45, 7) is 6.10. The van der Waals surface area contributed by atoms with Crippen molar-refractivity contribution < 1.29 is 14.3 Å². The Morgan fingerprint density at radius 2 is 1.88 bits per heavy atom. The highest BCUT2D eigenvalue weighted by molar-refractivity contribution is 9.10. The van der Waals surface area contributed by atoms with Crippen molar-refractivity contribution in [2.75, 3.05) is 13.2 Å². The van der Waals surface area contributed by atoms with Gasteiger partial charge < -0.3 is 9.47 Å². The summed E-state index contributed by atoms with van der Waals surface area (Å²) < 4.78 is 11.6. The number of halogens is 1. The third-order valence-electron chi connectivity index (χ3n) is 2.24. The Kier molecular flexibility index (Phi) is 5.00. The summed E-state index contributed by atoms with van der Waals surface area (Å²) >= 11 is 3.35. The van der Waals surface area contributed by atoms with Gasteiger partial charge in [-0.2, -0.15) is 0 Å². The van der Waals surface area contributed by atoms with Crippen molar-refractivity contribution in [2.45, 2.75) is 20.8 Å². The van der Waals surface area contributed by atoms with Crippen molar-refractivity contribution in [3.05, 3.63) is 28.7 Å². The average Bonchev–Trinajstić information content (AvgIpc) is 2.29. The van der Waals surface area contributed by atoms with E-state index in [1.807, 2.05) is 38.1 Å². The number of esters is 1. The predicted molar refractivity (Wildman–Crippen MR) is 70.1 cm³/mol. The van der Waals surface area contributed by atoms with E-state index in [-0.39, 0.29) is 5.97 Å². The van der Waals surface area contributed by atoms with Crippen molar-refractivity contribution in [1.29, 1.82) is 0 Å².